The number of alkyl halides is 6. The molecule has 0 aliphatic carbocycles. The predicted molar refractivity (Wildman–Crippen MR) is 94.1 cm³/mol. The molecule has 2 aromatic rings. The highest BCUT2D eigenvalue weighted by Crippen LogP contribution is 2.39. The lowest BCUT2D eigenvalue weighted by atomic mass is 9.89. The molecule has 158 valence electrons. The summed E-state index contributed by atoms with van der Waals surface area (Å²) in [5.41, 5.74) is -1.00. The van der Waals surface area contributed by atoms with Crippen LogP contribution in [0.1, 0.15) is 33.9 Å². The van der Waals surface area contributed by atoms with E-state index in [0.717, 1.165) is 23.3 Å². The van der Waals surface area contributed by atoms with Crippen LogP contribution >= 0.6 is 0 Å². The lowest BCUT2D eigenvalue weighted by Crippen LogP contribution is -2.31. The second-order valence-electron chi connectivity index (χ2n) is 6.78. The Bertz CT molecular complexity index is 860. The molecule has 3 rings (SSSR count). The van der Waals surface area contributed by atoms with Gasteiger partial charge in [0, 0.05) is 6.04 Å². The van der Waals surface area contributed by atoms with Gasteiger partial charge in [0.2, 0.25) is 0 Å². The van der Waals surface area contributed by atoms with Crippen LogP contribution in [-0.2, 0) is 25.2 Å². The normalized spacial score (nSPS) is 17.0. The number of nitrogens with one attached hydrogen (secondary N) is 1. The predicted octanol–water partition coefficient (Wildman–Crippen LogP) is 5.17. The van der Waals surface area contributed by atoms with Crippen LogP contribution in [0.3, 0.4) is 0 Å². The number of hydrogen-bond acceptors (Lipinski definition) is 3. The Balaban J connectivity index is 2.01. The van der Waals surface area contributed by atoms with Crippen LogP contribution in [0.4, 0.5) is 26.3 Å². The number of rotatable bonds is 4. The van der Waals surface area contributed by atoms with E-state index in [-0.39, 0.29) is 18.1 Å². The molecule has 2 aromatic carbocycles. The van der Waals surface area contributed by atoms with Gasteiger partial charge in [-0.1, -0.05) is 0 Å². The molecule has 0 fully saturated rings. The highest BCUT2D eigenvalue weighted by molar-refractivity contribution is 5.50. The molecular formula is C20H19F6NO2. The summed E-state index contributed by atoms with van der Waals surface area (Å²) in [5.74, 6) is 0.963. The molecule has 29 heavy (non-hydrogen) atoms. The molecule has 1 N–H and O–H groups in total. The third-order valence-electron chi connectivity index (χ3n) is 4.89. The number of benzene rings is 2. The lowest BCUT2D eigenvalue weighted by Gasteiger charge is -2.28. The highest BCUT2D eigenvalue weighted by Gasteiger charge is 2.37. The smallest absolute Gasteiger partial charge is 0.416 e. The van der Waals surface area contributed by atoms with Crippen LogP contribution in [0.15, 0.2) is 30.3 Å². The van der Waals surface area contributed by atoms with Crippen LogP contribution < -0.4 is 14.8 Å². The molecule has 0 radical (unpaired) electrons. The molecule has 1 atom stereocenters. The Kier molecular flexibility index (Phi) is 5.71. The fraction of sp³-hybridized carbons (Fsp3) is 0.400. The van der Waals surface area contributed by atoms with Gasteiger partial charge in [0.1, 0.15) is 0 Å². The van der Waals surface area contributed by atoms with E-state index in [1.165, 1.54) is 14.2 Å². The summed E-state index contributed by atoms with van der Waals surface area (Å²) in [7, 11) is 2.95. The number of fused-ring (bicyclic) bond motifs is 1. The summed E-state index contributed by atoms with van der Waals surface area (Å²) < 4.78 is 89.3. The number of ether oxygens (including phenoxy) is 2. The van der Waals surface area contributed by atoms with Crippen molar-refractivity contribution in [3.63, 3.8) is 0 Å². The van der Waals surface area contributed by atoms with Crippen LogP contribution in [0.5, 0.6) is 11.5 Å². The molecule has 0 saturated heterocycles. The Morgan fingerprint density at radius 2 is 1.41 bits per heavy atom. The van der Waals surface area contributed by atoms with Gasteiger partial charge in [-0.2, -0.15) is 26.3 Å². The molecule has 1 aliphatic rings. The van der Waals surface area contributed by atoms with Crippen molar-refractivity contribution in [3.8, 4) is 11.5 Å². The zero-order chi connectivity index (χ0) is 21.4. The van der Waals surface area contributed by atoms with E-state index in [9.17, 15) is 26.3 Å². The minimum atomic E-state index is -4.87. The van der Waals surface area contributed by atoms with Crippen LogP contribution in [0.2, 0.25) is 0 Å². The minimum Gasteiger partial charge on any atom is -0.493 e. The van der Waals surface area contributed by atoms with E-state index in [1.54, 1.807) is 12.1 Å². The number of methoxy groups -OCH3 is 2. The zero-order valence-corrected chi connectivity index (χ0v) is 15.7. The van der Waals surface area contributed by atoms with Gasteiger partial charge in [0.25, 0.3) is 0 Å². The summed E-state index contributed by atoms with van der Waals surface area (Å²) in [4.78, 5) is 0. The molecule has 0 saturated carbocycles. The van der Waals surface area contributed by atoms with E-state index in [1.807, 2.05) is 0 Å². The van der Waals surface area contributed by atoms with E-state index >= 15 is 0 Å². The Morgan fingerprint density at radius 1 is 0.862 bits per heavy atom. The fourth-order valence-corrected chi connectivity index (χ4v) is 3.52. The lowest BCUT2D eigenvalue weighted by molar-refractivity contribution is -0.143. The van der Waals surface area contributed by atoms with Gasteiger partial charge >= 0.3 is 12.4 Å². The molecule has 1 heterocycles. The van der Waals surface area contributed by atoms with Gasteiger partial charge in [-0.05, 0) is 66.4 Å². The van der Waals surface area contributed by atoms with Crippen molar-refractivity contribution in [1.82, 2.24) is 5.32 Å². The van der Waals surface area contributed by atoms with Crippen molar-refractivity contribution in [2.24, 2.45) is 0 Å². The summed E-state index contributed by atoms with van der Waals surface area (Å²) in [6.45, 7) is 0.540. The average Bonchev–Trinajstić information content (AvgIpc) is 2.65. The maximum absolute atomic E-state index is 13.1. The molecule has 1 unspecified atom stereocenters. The minimum absolute atomic E-state index is 0.0323. The molecule has 9 heteroatoms. The van der Waals surface area contributed by atoms with Crippen molar-refractivity contribution in [2.45, 2.75) is 31.2 Å². The Morgan fingerprint density at radius 3 is 1.93 bits per heavy atom. The molecule has 0 spiro atoms. The summed E-state index contributed by atoms with van der Waals surface area (Å²) in [6, 6.07) is 4.72. The first-order chi connectivity index (χ1) is 13.5. The Hall–Kier alpha value is -2.42. The SMILES string of the molecule is COc1cc2c(cc1OC)C(Cc1cc(C(F)(F)F)cc(C(F)(F)F)c1)NCC2. The second-order valence-corrected chi connectivity index (χ2v) is 6.78. The first kappa shape index (κ1) is 21.3. The third kappa shape index (κ3) is 4.60. The maximum Gasteiger partial charge on any atom is 0.416 e. The molecule has 0 amide bonds. The molecular weight excluding hydrogens is 400 g/mol. The van der Waals surface area contributed by atoms with Gasteiger partial charge in [-0.15, -0.1) is 0 Å². The standard InChI is InChI=1S/C20H19F6NO2/c1-28-17-8-12-3-4-27-16(15(12)10-18(17)29-2)7-11-5-13(19(21,22)23)9-14(6-11)20(24,25)26/h5-6,8-10,16,27H,3-4,7H2,1-2H3. The quantitative estimate of drug-likeness (QED) is 0.694. The molecule has 0 aromatic heterocycles. The van der Waals surface area contributed by atoms with Crippen molar-refractivity contribution in [1.29, 1.82) is 0 Å². The van der Waals surface area contributed by atoms with E-state index < -0.39 is 29.5 Å². The zero-order valence-electron chi connectivity index (χ0n) is 15.7. The molecule has 1 aliphatic heterocycles. The summed E-state index contributed by atoms with van der Waals surface area (Å²) >= 11 is 0. The van der Waals surface area contributed by atoms with Gasteiger partial charge < -0.3 is 14.8 Å². The highest BCUT2D eigenvalue weighted by atomic mass is 19.4. The fourth-order valence-electron chi connectivity index (χ4n) is 3.52. The second kappa shape index (κ2) is 7.78. The summed E-state index contributed by atoms with van der Waals surface area (Å²) in [6.07, 6.45) is -9.12. The van der Waals surface area contributed by atoms with E-state index in [2.05, 4.69) is 5.32 Å². The van der Waals surface area contributed by atoms with Crippen molar-refractivity contribution in [3.05, 3.63) is 58.1 Å². The number of hydrogen-bond donors (Lipinski definition) is 1. The average molecular weight is 419 g/mol. The van der Waals surface area contributed by atoms with Crippen molar-refractivity contribution < 1.29 is 35.8 Å². The van der Waals surface area contributed by atoms with Gasteiger partial charge in [-0.25, -0.2) is 0 Å². The topological polar surface area (TPSA) is 30.5 Å². The number of halogens is 6. The van der Waals surface area contributed by atoms with E-state index in [0.29, 0.717) is 24.5 Å². The van der Waals surface area contributed by atoms with Crippen LogP contribution in [-0.4, -0.2) is 20.8 Å². The molecule has 3 nitrogen and oxygen atoms in total. The largest absolute Gasteiger partial charge is 0.493 e. The van der Waals surface area contributed by atoms with E-state index in [4.69, 9.17) is 9.47 Å². The Labute approximate surface area is 163 Å². The first-order valence-corrected chi connectivity index (χ1v) is 8.79. The van der Waals surface area contributed by atoms with Crippen molar-refractivity contribution >= 4 is 0 Å². The maximum atomic E-state index is 13.1. The molecule has 0 bridgehead atoms. The van der Waals surface area contributed by atoms with Gasteiger partial charge in [0.15, 0.2) is 11.5 Å². The van der Waals surface area contributed by atoms with Crippen LogP contribution in [0, 0.1) is 0 Å². The van der Waals surface area contributed by atoms with Gasteiger partial charge in [0.05, 0.1) is 25.3 Å². The van der Waals surface area contributed by atoms with Gasteiger partial charge in [-0.3, -0.25) is 0 Å². The van der Waals surface area contributed by atoms with Crippen LogP contribution in [0.25, 0.3) is 0 Å². The summed E-state index contributed by atoms with van der Waals surface area (Å²) in [5, 5.41) is 3.17. The third-order valence-corrected chi connectivity index (χ3v) is 4.89. The first-order valence-electron chi connectivity index (χ1n) is 8.79. The monoisotopic (exact) mass is 419 g/mol. The van der Waals surface area contributed by atoms with Crippen molar-refractivity contribution in [2.75, 3.05) is 20.8 Å².